The zero-order valence-electron chi connectivity index (χ0n) is 15.1. The normalized spacial score (nSPS) is 12.4. The van der Waals surface area contributed by atoms with Crippen molar-refractivity contribution in [3.05, 3.63) is 53.9 Å². The Bertz CT molecular complexity index is 981. The number of rotatable bonds is 6. The molecule has 0 bridgehead atoms. The van der Waals surface area contributed by atoms with Crippen molar-refractivity contribution in [3.63, 3.8) is 0 Å². The van der Waals surface area contributed by atoms with Crippen LogP contribution in [0, 0.1) is 0 Å². The fourth-order valence-corrected chi connectivity index (χ4v) is 3.07. The molecule has 0 aliphatic carbocycles. The number of pyridine rings is 1. The Labute approximate surface area is 156 Å². The minimum absolute atomic E-state index is 0.103. The fraction of sp³-hybridized carbons (Fsp3) is 0.250. The van der Waals surface area contributed by atoms with Crippen molar-refractivity contribution in [2.24, 2.45) is 0 Å². The first-order chi connectivity index (χ1) is 13.2. The lowest BCUT2D eigenvalue weighted by Crippen LogP contribution is -2.08. The van der Waals surface area contributed by atoms with Crippen LogP contribution in [0.3, 0.4) is 0 Å². The zero-order valence-corrected chi connectivity index (χ0v) is 15.1. The van der Waals surface area contributed by atoms with E-state index in [-0.39, 0.29) is 19.4 Å². The molecule has 1 aromatic carbocycles. The van der Waals surface area contributed by atoms with E-state index in [9.17, 15) is 4.79 Å². The lowest BCUT2D eigenvalue weighted by atomic mass is 10.1. The second-order valence-electron chi connectivity index (χ2n) is 6.38. The summed E-state index contributed by atoms with van der Waals surface area (Å²) in [6.45, 7) is 4.50. The van der Waals surface area contributed by atoms with Gasteiger partial charge in [-0.05, 0) is 38.1 Å². The first kappa shape index (κ1) is 17.1. The highest BCUT2D eigenvalue weighted by molar-refractivity contribution is 5.85. The summed E-state index contributed by atoms with van der Waals surface area (Å²) in [5.74, 6) is 1.42. The Morgan fingerprint density at radius 3 is 2.93 bits per heavy atom. The van der Waals surface area contributed by atoms with Crippen molar-refractivity contribution >= 4 is 6.29 Å². The van der Waals surface area contributed by atoms with Crippen LogP contribution in [0.15, 0.2) is 42.7 Å². The number of fused-ring (bicyclic) bond motifs is 1. The van der Waals surface area contributed by atoms with Crippen molar-refractivity contribution in [2.75, 3.05) is 6.79 Å². The van der Waals surface area contributed by atoms with Crippen molar-refractivity contribution in [3.8, 4) is 28.6 Å². The van der Waals surface area contributed by atoms with Gasteiger partial charge in [0.25, 0.3) is 0 Å². The molecule has 0 radical (unpaired) electrons. The van der Waals surface area contributed by atoms with Gasteiger partial charge in [-0.1, -0.05) is 6.07 Å². The summed E-state index contributed by atoms with van der Waals surface area (Å²) in [5, 5.41) is 4.38. The van der Waals surface area contributed by atoms with Crippen molar-refractivity contribution in [1.29, 1.82) is 0 Å². The van der Waals surface area contributed by atoms with E-state index in [1.165, 1.54) is 0 Å². The predicted octanol–water partition coefficient (Wildman–Crippen LogP) is 3.65. The lowest BCUT2D eigenvalue weighted by molar-refractivity contribution is 0.111. The molecule has 7 nitrogen and oxygen atoms in total. The Kier molecular flexibility index (Phi) is 4.50. The maximum absolute atomic E-state index is 11.5. The van der Waals surface area contributed by atoms with Crippen LogP contribution in [0.5, 0.6) is 17.2 Å². The van der Waals surface area contributed by atoms with Gasteiger partial charge in [-0.3, -0.25) is 14.5 Å². The second kappa shape index (κ2) is 7.11. The molecule has 27 heavy (non-hydrogen) atoms. The number of benzene rings is 1. The standard InChI is InChI=1S/C20H19N3O4/c1-13(2)23-16(7-9-22-23)19-14(4-3-8-21-19)11-25-17-5-6-18-20(15(17)10-24)27-12-26-18/h3-10,13H,11-12H2,1-2H3. The highest BCUT2D eigenvalue weighted by atomic mass is 16.7. The fourth-order valence-electron chi connectivity index (χ4n) is 3.07. The van der Waals surface area contributed by atoms with Gasteiger partial charge >= 0.3 is 0 Å². The molecule has 1 aliphatic rings. The molecule has 0 unspecified atom stereocenters. The molecule has 138 valence electrons. The first-order valence-electron chi connectivity index (χ1n) is 8.67. The van der Waals surface area contributed by atoms with Gasteiger partial charge < -0.3 is 14.2 Å². The quantitative estimate of drug-likeness (QED) is 0.621. The maximum Gasteiger partial charge on any atom is 0.231 e. The number of carbonyl (C=O) groups excluding carboxylic acids is 1. The minimum Gasteiger partial charge on any atom is -0.488 e. The SMILES string of the molecule is CC(C)n1nccc1-c1ncccc1COc1ccc2c(c1C=O)OCO2. The average Bonchev–Trinajstić information content (AvgIpc) is 3.35. The Balaban J connectivity index is 1.64. The molecule has 3 aromatic rings. The maximum atomic E-state index is 11.5. The minimum atomic E-state index is 0.103. The summed E-state index contributed by atoms with van der Waals surface area (Å²) < 4.78 is 18.5. The molecule has 3 heterocycles. The number of ether oxygens (including phenoxy) is 3. The summed E-state index contributed by atoms with van der Waals surface area (Å²) in [4.78, 5) is 16.1. The summed E-state index contributed by atoms with van der Waals surface area (Å²) in [7, 11) is 0. The molecule has 0 N–H and O–H groups in total. The number of aromatic nitrogens is 3. The molecule has 2 aromatic heterocycles. The molecule has 0 amide bonds. The topological polar surface area (TPSA) is 75.5 Å². The number of hydrogen-bond donors (Lipinski definition) is 0. The van der Waals surface area contributed by atoms with Crippen molar-refractivity contribution in [2.45, 2.75) is 26.5 Å². The van der Waals surface area contributed by atoms with Gasteiger partial charge in [0.2, 0.25) is 6.79 Å². The van der Waals surface area contributed by atoms with E-state index in [1.54, 1.807) is 24.5 Å². The van der Waals surface area contributed by atoms with E-state index < -0.39 is 0 Å². The smallest absolute Gasteiger partial charge is 0.231 e. The highest BCUT2D eigenvalue weighted by Gasteiger charge is 2.22. The number of nitrogens with zero attached hydrogens (tertiary/aromatic N) is 3. The van der Waals surface area contributed by atoms with Crippen LogP contribution in [0.4, 0.5) is 0 Å². The molecule has 0 spiro atoms. The Hall–Kier alpha value is -3.35. The van der Waals surface area contributed by atoms with Gasteiger partial charge in [-0.25, -0.2) is 0 Å². The number of hydrogen-bond acceptors (Lipinski definition) is 6. The summed E-state index contributed by atoms with van der Waals surface area (Å²) in [6, 6.07) is 9.41. The number of aldehydes is 1. The van der Waals surface area contributed by atoms with E-state index in [0.29, 0.717) is 22.8 Å². The predicted molar refractivity (Wildman–Crippen MR) is 98.1 cm³/mol. The molecule has 4 rings (SSSR count). The van der Waals surface area contributed by atoms with Crippen LogP contribution in [0.2, 0.25) is 0 Å². The van der Waals surface area contributed by atoms with Gasteiger partial charge in [-0.15, -0.1) is 0 Å². The molecule has 7 heteroatoms. The van der Waals surface area contributed by atoms with Crippen LogP contribution in [0.1, 0.15) is 35.8 Å². The van der Waals surface area contributed by atoms with Gasteiger partial charge in [0.05, 0.1) is 11.4 Å². The van der Waals surface area contributed by atoms with Crippen molar-refractivity contribution < 1.29 is 19.0 Å². The molecule has 0 fully saturated rings. The molecule has 0 atom stereocenters. The van der Waals surface area contributed by atoms with Crippen LogP contribution < -0.4 is 14.2 Å². The third-order valence-electron chi connectivity index (χ3n) is 4.33. The molecule has 0 saturated heterocycles. The van der Waals surface area contributed by atoms with Gasteiger partial charge in [0.15, 0.2) is 17.8 Å². The summed E-state index contributed by atoms with van der Waals surface area (Å²) >= 11 is 0. The Morgan fingerprint density at radius 1 is 1.22 bits per heavy atom. The molecule has 1 aliphatic heterocycles. The first-order valence-corrected chi connectivity index (χ1v) is 8.67. The second-order valence-corrected chi connectivity index (χ2v) is 6.38. The van der Waals surface area contributed by atoms with Crippen LogP contribution >= 0.6 is 0 Å². The summed E-state index contributed by atoms with van der Waals surface area (Å²) in [5.41, 5.74) is 2.97. The van der Waals surface area contributed by atoms with E-state index in [1.807, 2.05) is 22.9 Å². The van der Waals surface area contributed by atoms with Crippen LogP contribution in [-0.2, 0) is 6.61 Å². The molecule has 0 saturated carbocycles. The zero-order chi connectivity index (χ0) is 18.8. The lowest BCUT2D eigenvalue weighted by Gasteiger charge is -2.15. The van der Waals surface area contributed by atoms with Gasteiger partial charge in [0.1, 0.15) is 17.9 Å². The highest BCUT2D eigenvalue weighted by Crippen LogP contribution is 2.40. The van der Waals surface area contributed by atoms with E-state index >= 15 is 0 Å². The number of carbonyl (C=O) groups is 1. The van der Waals surface area contributed by atoms with Crippen LogP contribution in [0.25, 0.3) is 11.4 Å². The Morgan fingerprint density at radius 2 is 2.11 bits per heavy atom. The van der Waals surface area contributed by atoms with Gasteiger partial charge in [-0.2, -0.15) is 5.10 Å². The monoisotopic (exact) mass is 365 g/mol. The third-order valence-corrected chi connectivity index (χ3v) is 4.33. The van der Waals surface area contributed by atoms with E-state index in [0.717, 1.165) is 23.2 Å². The van der Waals surface area contributed by atoms with E-state index in [2.05, 4.69) is 23.9 Å². The summed E-state index contributed by atoms with van der Waals surface area (Å²) in [6.07, 6.45) is 4.23. The van der Waals surface area contributed by atoms with Crippen LogP contribution in [-0.4, -0.2) is 27.8 Å². The largest absolute Gasteiger partial charge is 0.488 e. The van der Waals surface area contributed by atoms with Crippen molar-refractivity contribution in [1.82, 2.24) is 14.8 Å². The third kappa shape index (κ3) is 3.12. The molecular weight excluding hydrogens is 346 g/mol. The average molecular weight is 365 g/mol. The molecular formula is C20H19N3O4. The van der Waals surface area contributed by atoms with E-state index in [4.69, 9.17) is 14.2 Å². The van der Waals surface area contributed by atoms with Gasteiger partial charge in [0, 0.05) is 24.0 Å².